The lowest BCUT2D eigenvalue weighted by Gasteiger charge is -2.03. The zero-order valence-electron chi connectivity index (χ0n) is 10.0. The van der Waals surface area contributed by atoms with Crippen LogP contribution in [0.5, 0.6) is 0 Å². The highest BCUT2D eigenvalue weighted by Gasteiger charge is 2.21. The van der Waals surface area contributed by atoms with Gasteiger partial charge < -0.3 is 15.7 Å². The van der Waals surface area contributed by atoms with Gasteiger partial charge in [-0.3, -0.25) is 4.79 Å². The molecule has 1 aromatic rings. The number of hydrogen-bond acceptors (Lipinski definition) is 5. The first-order chi connectivity index (χ1) is 8.56. The maximum absolute atomic E-state index is 11.5. The average Bonchev–Trinajstić information content (AvgIpc) is 3.06. The highest BCUT2D eigenvalue weighted by atomic mass is 32.1. The van der Waals surface area contributed by atoms with Crippen molar-refractivity contribution in [1.82, 2.24) is 15.6 Å². The van der Waals surface area contributed by atoms with Crippen LogP contribution in [0.25, 0.3) is 0 Å². The van der Waals surface area contributed by atoms with Gasteiger partial charge in [0.15, 0.2) is 0 Å². The Morgan fingerprint density at radius 1 is 1.50 bits per heavy atom. The summed E-state index contributed by atoms with van der Waals surface area (Å²) >= 11 is 1.10. The van der Waals surface area contributed by atoms with Crippen molar-refractivity contribution in [2.75, 3.05) is 6.54 Å². The molecule has 3 N–H and O–H groups in total. The van der Waals surface area contributed by atoms with Crippen LogP contribution < -0.4 is 10.6 Å². The van der Waals surface area contributed by atoms with Gasteiger partial charge in [-0.25, -0.2) is 9.78 Å². The molecule has 1 heterocycles. The zero-order chi connectivity index (χ0) is 13.1. The predicted molar refractivity (Wildman–Crippen MR) is 66.7 cm³/mol. The number of carbonyl (C=O) groups excluding carboxylic acids is 1. The molecule has 2 rings (SSSR count). The van der Waals surface area contributed by atoms with Gasteiger partial charge in [-0.2, -0.15) is 0 Å². The van der Waals surface area contributed by atoms with Crippen LogP contribution in [0.4, 0.5) is 0 Å². The maximum Gasteiger partial charge on any atom is 0.347 e. The lowest BCUT2D eigenvalue weighted by atomic mass is 10.4. The molecule has 1 fully saturated rings. The van der Waals surface area contributed by atoms with Gasteiger partial charge in [-0.15, -0.1) is 11.3 Å². The third-order valence-electron chi connectivity index (χ3n) is 2.60. The number of aromatic nitrogens is 1. The number of thiazole rings is 1. The van der Waals surface area contributed by atoms with E-state index < -0.39 is 5.97 Å². The number of aryl methyl sites for hydroxylation is 1. The van der Waals surface area contributed by atoms with E-state index in [0.29, 0.717) is 23.3 Å². The highest BCUT2D eigenvalue weighted by molar-refractivity contribution is 7.13. The number of nitrogens with zero attached hydrogens (tertiary/aromatic N) is 1. The third-order valence-corrected chi connectivity index (χ3v) is 3.75. The Balaban J connectivity index is 1.79. The fourth-order valence-corrected chi connectivity index (χ4v) is 2.33. The summed E-state index contributed by atoms with van der Waals surface area (Å²) in [4.78, 5) is 26.6. The topological polar surface area (TPSA) is 91.3 Å². The van der Waals surface area contributed by atoms with E-state index in [0.717, 1.165) is 24.2 Å². The van der Waals surface area contributed by atoms with Crippen LogP contribution in [0.2, 0.25) is 0 Å². The van der Waals surface area contributed by atoms with Crippen LogP contribution in [0.15, 0.2) is 0 Å². The van der Waals surface area contributed by atoms with Gasteiger partial charge >= 0.3 is 5.97 Å². The smallest absolute Gasteiger partial charge is 0.347 e. The molecule has 0 aliphatic heterocycles. The van der Waals surface area contributed by atoms with E-state index in [9.17, 15) is 9.59 Å². The average molecular weight is 269 g/mol. The van der Waals surface area contributed by atoms with Crippen molar-refractivity contribution in [1.29, 1.82) is 0 Å². The monoisotopic (exact) mass is 269 g/mol. The molecule has 6 nitrogen and oxygen atoms in total. The number of rotatable bonds is 6. The highest BCUT2D eigenvalue weighted by Crippen LogP contribution is 2.18. The van der Waals surface area contributed by atoms with Gasteiger partial charge in [-0.1, -0.05) is 0 Å². The molecule has 0 saturated heterocycles. The van der Waals surface area contributed by atoms with Crippen molar-refractivity contribution in [3.05, 3.63) is 15.6 Å². The largest absolute Gasteiger partial charge is 0.477 e. The Morgan fingerprint density at radius 2 is 2.22 bits per heavy atom. The second-order valence-corrected chi connectivity index (χ2v) is 5.34. The number of hydrogen-bond donors (Lipinski definition) is 3. The normalized spacial score (nSPS) is 14.5. The molecule has 0 bridgehead atoms. The van der Waals surface area contributed by atoms with Crippen LogP contribution in [0.3, 0.4) is 0 Å². The molecule has 0 atom stereocenters. The standard InChI is InChI=1S/C11H15N3O3S/c1-6-10(11(16)17)18-9(14-6)5-13-8(15)4-12-7-2-3-7/h7,12H,2-5H2,1H3,(H,13,15)(H,16,17). The molecule has 0 spiro atoms. The number of amides is 1. The van der Waals surface area contributed by atoms with Gasteiger partial charge in [-0.05, 0) is 19.8 Å². The minimum Gasteiger partial charge on any atom is -0.477 e. The van der Waals surface area contributed by atoms with E-state index in [2.05, 4.69) is 15.6 Å². The molecular formula is C11H15N3O3S. The molecule has 1 saturated carbocycles. The lowest BCUT2D eigenvalue weighted by molar-refractivity contribution is -0.120. The number of carboxylic acid groups (broad SMARTS) is 1. The minimum absolute atomic E-state index is 0.0911. The molecule has 1 amide bonds. The molecule has 1 aliphatic rings. The van der Waals surface area contributed by atoms with Crippen LogP contribution in [-0.4, -0.2) is 34.6 Å². The van der Waals surface area contributed by atoms with Gasteiger partial charge in [0.25, 0.3) is 0 Å². The fraction of sp³-hybridized carbons (Fsp3) is 0.545. The van der Waals surface area contributed by atoms with Gasteiger partial charge in [0.05, 0.1) is 18.8 Å². The van der Waals surface area contributed by atoms with Crippen molar-refractivity contribution in [3.8, 4) is 0 Å². The van der Waals surface area contributed by atoms with Crippen molar-refractivity contribution in [2.45, 2.75) is 32.4 Å². The Morgan fingerprint density at radius 3 is 2.78 bits per heavy atom. The van der Waals surface area contributed by atoms with E-state index in [-0.39, 0.29) is 17.3 Å². The summed E-state index contributed by atoms with van der Waals surface area (Å²) in [5.41, 5.74) is 0.493. The molecule has 0 aromatic carbocycles. The van der Waals surface area contributed by atoms with Gasteiger partial charge in [0, 0.05) is 6.04 Å². The second kappa shape index (κ2) is 5.45. The Hall–Kier alpha value is -1.47. The van der Waals surface area contributed by atoms with E-state index in [1.165, 1.54) is 0 Å². The van der Waals surface area contributed by atoms with Crippen molar-refractivity contribution >= 4 is 23.2 Å². The molecule has 7 heteroatoms. The molecular weight excluding hydrogens is 254 g/mol. The molecule has 98 valence electrons. The van der Waals surface area contributed by atoms with Crippen LogP contribution in [0.1, 0.15) is 33.2 Å². The molecule has 1 aromatic heterocycles. The zero-order valence-corrected chi connectivity index (χ0v) is 10.8. The van der Waals surface area contributed by atoms with E-state index in [1.54, 1.807) is 6.92 Å². The van der Waals surface area contributed by atoms with Crippen molar-refractivity contribution in [2.24, 2.45) is 0 Å². The summed E-state index contributed by atoms with van der Waals surface area (Å²) in [5, 5.41) is 15.3. The van der Waals surface area contributed by atoms with E-state index in [1.807, 2.05) is 0 Å². The van der Waals surface area contributed by atoms with Crippen molar-refractivity contribution in [3.63, 3.8) is 0 Å². The molecule has 0 unspecified atom stereocenters. The maximum atomic E-state index is 11.5. The first-order valence-electron chi connectivity index (χ1n) is 5.76. The van der Waals surface area contributed by atoms with Crippen molar-refractivity contribution < 1.29 is 14.7 Å². The fourth-order valence-electron chi connectivity index (χ4n) is 1.49. The van der Waals surface area contributed by atoms with Crippen LogP contribution in [0, 0.1) is 6.92 Å². The summed E-state index contributed by atoms with van der Waals surface area (Å²) in [6.07, 6.45) is 2.28. The first-order valence-corrected chi connectivity index (χ1v) is 6.57. The minimum atomic E-state index is -0.974. The first kappa shape index (κ1) is 13.0. The number of nitrogens with one attached hydrogen (secondary N) is 2. The number of carbonyl (C=O) groups is 2. The second-order valence-electron chi connectivity index (χ2n) is 4.26. The third kappa shape index (κ3) is 3.51. The quantitative estimate of drug-likeness (QED) is 0.700. The summed E-state index contributed by atoms with van der Waals surface area (Å²) in [7, 11) is 0. The van der Waals surface area contributed by atoms with Gasteiger partial charge in [0.2, 0.25) is 5.91 Å². The number of aromatic carboxylic acids is 1. The Kier molecular flexibility index (Phi) is 3.93. The number of carboxylic acids is 1. The van der Waals surface area contributed by atoms with Gasteiger partial charge in [0.1, 0.15) is 9.88 Å². The molecule has 1 aliphatic carbocycles. The lowest BCUT2D eigenvalue weighted by Crippen LogP contribution is -2.34. The molecule has 18 heavy (non-hydrogen) atoms. The van der Waals surface area contributed by atoms with Crippen LogP contribution in [-0.2, 0) is 11.3 Å². The molecule has 0 radical (unpaired) electrons. The Labute approximate surface area is 108 Å². The van der Waals surface area contributed by atoms with E-state index in [4.69, 9.17) is 5.11 Å². The van der Waals surface area contributed by atoms with E-state index >= 15 is 0 Å². The summed E-state index contributed by atoms with van der Waals surface area (Å²) < 4.78 is 0. The SMILES string of the molecule is Cc1nc(CNC(=O)CNC2CC2)sc1C(=O)O. The predicted octanol–water partition coefficient (Wildman–Crippen LogP) is 0.518. The summed E-state index contributed by atoms with van der Waals surface area (Å²) in [6.45, 7) is 2.24. The summed E-state index contributed by atoms with van der Waals surface area (Å²) in [5.74, 6) is -1.07. The van der Waals surface area contributed by atoms with Crippen LogP contribution >= 0.6 is 11.3 Å². The Bertz CT molecular complexity index is 468. The summed E-state index contributed by atoms with van der Waals surface area (Å²) in [6, 6.07) is 0.497.